The summed E-state index contributed by atoms with van der Waals surface area (Å²) in [5.74, 6) is 0.261. The zero-order valence-corrected chi connectivity index (χ0v) is 14.3. The lowest BCUT2D eigenvalue weighted by atomic mass is 10.1. The SMILES string of the molecule is COCCNc1noc(-c2ccc(Cl)cc2)c1C(=O)NC[C@H](C)O. The number of aliphatic hydroxyl groups excluding tert-OH is 1. The van der Waals surface area contributed by atoms with E-state index in [1.54, 1.807) is 38.3 Å². The third kappa shape index (κ3) is 4.70. The van der Waals surface area contributed by atoms with Gasteiger partial charge >= 0.3 is 0 Å². The van der Waals surface area contributed by atoms with E-state index in [-0.39, 0.29) is 18.0 Å². The first-order chi connectivity index (χ1) is 11.5. The number of rotatable bonds is 8. The number of methoxy groups -OCH3 is 1. The minimum atomic E-state index is -0.655. The van der Waals surface area contributed by atoms with Crippen LogP contribution in [0.3, 0.4) is 0 Å². The van der Waals surface area contributed by atoms with Crippen molar-refractivity contribution in [1.82, 2.24) is 10.5 Å². The van der Waals surface area contributed by atoms with Gasteiger partial charge in [-0.1, -0.05) is 16.8 Å². The summed E-state index contributed by atoms with van der Waals surface area (Å²) >= 11 is 5.90. The molecule has 0 spiro atoms. The van der Waals surface area contributed by atoms with Gasteiger partial charge in [-0.3, -0.25) is 4.79 Å². The van der Waals surface area contributed by atoms with Crippen LogP contribution in [0, 0.1) is 0 Å². The number of carbonyl (C=O) groups is 1. The van der Waals surface area contributed by atoms with Crippen LogP contribution in [0.2, 0.25) is 5.02 Å². The highest BCUT2D eigenvalue weighted by molar-refractivity contribution is 6.30. The van der Waals surface area contributed by atoms with Gasteiger partial charge in [0.05, 0.1) is 12.7 Å². The maximum absolute atomic E-state index is 12.5. The summed E-state index contributed by atoms with van der Waals surface area (Å²) in [7, 11) is 1.58. The van der Waals surface area contributed by atoms with E-state index in [9.17, 15) is 9.90 Å². The van der Waals surface area contributed by atoms with Gasteiger partial charge in [-0.15, -0.1) is 0 Å². The molecular formula is C16H20ClN3O4. The van der Waals surface area contributed by atoms with Gasteiger partial charge in [0, 0.05) is 30.8 Å². The van der Waals surface area contributed by atoms with Gasteiger partial charge in [-0.05, 0) is 31.2 Å². The van der Waals surface area contributed by atoms with E-state index in [2.05, 4.69) is 15.8 Å². The van der Waals surface area contributed by atoms with Gasteiger partial charge in [0.25, 0.3) is 5.91 Å². The molecule has 1 aromatic heterocycles. The zero-order valence-electron chi connectivity index (χ0n) is 13.5. The summed E-state index contributed by atoms with van der Waals surface area (Å²) in [5, 5.41) is 19.5. The number of nitrogens with zero attached hydrogens (tertiary/aromatic N) is 1. The highest BCUT2D eigenvalue weighted by Gasteiger charge is 2.24. The Kier molecular flexibility index (Phi) is 6.60. The molecule has 1 amide bonds. The van der Waals surface area contributed by atoms with E-state index in [0.29, 0.717) is 35.3 Å². The fourth-order valence-corrected chi connectivity index (χ4v) is 2.15. The van der Waals surface area contributed by atoms with Crippen LogP contribution in [0.1, 0.15) is 17.3 Å². The molecule has 8 heteroatoms. The highest BCUT2D eigenvalue weighted by Crippen LogP contribution is 2.30. The van der Waals surface area contributed by atoms with Crippen LogP contribution in [0.5, 0.6) is 0 Å². The van der Waals surface area contributed by atoms with Crippen molar-refractivity contribution in [3.05, 3.63) is 34.9 Å². The molecule has 24 heavy (non-hydrogen) atoms. The fourth-order valence-electron chi connectivity index (χ4n) is 2.02. The number of carbonyl (C=O) groups excluding carboxylic acids is 1. The molecule has 0 saturated heterocycles. The second-order valence-corrected chi connectivity index (χ2v) is 5.66. The summed E-state index contributed by atoms with van der Waals surface area (Å²) in [4.78, 5) is 12.5. The van der Waals surface area contributed by atoms with Gasteiger partial charge in [0.15, 0.2) is 11.6 Å². The van der Waals surface area contributed by atoms with Crippen LogP contribution < -0.4 is 10.6 Å². The third-order valence-corrected chi connectivity index (χ3v) is 3.43. The molecule has 0 aliphatic carbocycles. The first kappa shape index (κ1) is 18.3. The van der Waals surface area contributed by atoms with E-state index in [4.69, 9.17) is 20.9 Å². The summed E-state index contributed by atoms with van der Waals surface area (Å²) in [6, 6.07) is 6.89. The predicted molar refractivity (Wildman–Crippen MR) is 91.3 cm³/mol. The molecule has 0 unspecified atom stereocenters. The third-order valence-electron chi connectivity index (χ3n) is 3.18. The van der Waals surface area contributed by atoms with E-state index in [1.165, 1.54) is 0 Å². The first-order valence-electron chi connectivity index (χ1n) is 7.47. The van der Waals surface area contributed by atoms with Crippen LogP contribution in [0.25, 0.3) is 11.3 Å². The largest absolute Gasteiger partial charge is 0.392 e. The van der Waals surface area contributed by atoms with Gasteiger partial charge in [-0.25, -0.2) is 0 Å². The quantitative estimate of drug-likeness (QED) is 0.629. The van der Waals surface area contributed by atoms with Gasteiger partial charge < -0.3 is 25.0 Å². The molecule has 0 aliphatic rings. The molecule has 0 bridgehead atoms. The predicted octanol–water partition coefficient (Wildman–Crippen LogP) is 2.16. The number of ether oxygens (including phenoxy) is 1. The minimum Gasteiger partial charge on any atom is -0.392 e. The number of halogens is 1. The van der Waals surface area contributed by atoms with Crippen molar-refractivity contribution in [2.75, 3.05) is 32.1 Å². The molecule has 0 fully saturated rings. The van der Waals surface area contributed by atoms with Crippen molar-refractivity contribution < 1.29 is 19.2 Å². The summed E-state index contributed by atoms with van der Waals surface area (Å²) in [6.07, 6.45) is -0.655. The minimum absolute atomic E-state index is 0.127. The summed E-state index contributed by atoms with van der Waals surface area (Å²) < 4.78 is 10.3. The number of hydrogen-bond acceptors (Lipinski definition) is 6. The van der Waals surface area contributed by atoms with Crippen molar-refractivity contribution in [2.24, 2.45) is 0 Å². The van der Waals surface area contributed by atoms with E-state index in [1.807, 2.05) is 0 Å². The Balaban J connectivity index is 2.31. The smallest absolute Gasteiger partial charge is 0.259 e. The topological polar surface area (TPSA) is 96.6 Å². The Morgan fingerprint density at radius 1 is 1.42 bits per heavy atom. The molecule has 1 atom stereocenters. The maximum Gasteiger partial charge on any atom is 0.259 e. The van der Waals surface area contributed by atoms with Crippen molar-refractivity contribution in [1.29, 1.82) is 0 Å². The van der Waals surface area contributed by atoms with Gasteiger partial charge in [-0.2, -0.15) is 0 Å². The number of aliphatic hydroxyl groups is 1. The zero-order chi connectivity index (χ0) is 17.5. The van der Waals surface area contributed by atoms with Gasteiger partial charge in [0.1, 0.15) is 5.56 Å². The standard InChI is InChI=1S/C16H20ClN3O4/c1-10(21)9-19-16(22)13-14(11-3-5-12(17)6-4-11)24-20-15(13)18-7-8-23-2/h3-6,10,21H,7-9H2,1-2H3,(H,18,20)(H,19,22)/t10-/m0/s1. The molecule has 7 nitrogen and oxygen atoms in total. The maximum atomic E-state index is 12.5. The van der Waals surface area contributed by atoms with Crippen LogP contribution in [-0.4, -0.2) is 49.1 Å². The lowest BCUT2D eigenvalue weighted by molar-refractivity contribution is 0.0925. The average molecular weight is 354 g/mol. The lowest BCUT2D eigenvalue weighted by Crippen LogP contribution is -2.31. The van der Waals surface area contributed by atoms with Crippen LogP contribution in [0.15, 0.2) is 28.8 Å². The van der Waals surface area contributed by atoms with Crippen LogP contribution >= 0.6 is 11.6 Å². The van der Waals surface area contributed by atoms with Gasteiger partial charge in [0.2, 0.25) is 0 Å². The normalized spacial score (nSPS) is 12.0. The Morgan fingerprint density at radius 2 is 2.12 bits per heavy atom. The number of amides is 1. The number of hydrogen-bond donors (Lipinski definition) is 3. The number of anilines is 1. The number of aromatic nitrogens is 1. The summed E-state index contributed by atoms with van der Waals surface area (Å²) in [6.45, 7) is 2.64. The molecule has 0 aliphatic heterocycles. The van der Waals surface area contributed by atoms with E-state index in [0.717, 1.165) is 0 Å². The molecule has 130 valence electrons. The van der Waals surface area contributed by atoms with Crippen molar-refractivity contribution in [3.63, 3.8) is 0 Å². The molecule has 2 rings (SSSR count). The summed E-state index contributed by atoms with van der Waals surface area (Å²) in [5.41, 5.74) is 0.947. The van der Waals surface area contributed by atoms with Crippen LogP contribution in [0.4, 0.5) is 5.82 Å². The van der Waals surface area contributed by atoms with Crippen molar-refractivity contribution in [3.8, 4) is 11.3 Å². The monoisotopic (exact) mass is 353 g/mol. The van der Waals surface area contributed by atoms with Crippen molar-refractivity contribution >= 4 is 23.3 Å². The number of nitrogens with one attached hydrogen (secondary N) is 2. The van der Waals surface area contributed by atoms with Crippen LogP contribution in [-0.2, 0) is 4.74 Å². The molecule has 2 aromatic rings. The van der Waals surface area contributed by atoms with E-state index < -0.39 is 6.10 Å². The second-order valence-electron chi connectivity index (χ2n) is 5.22. The molecular weight excluding hydrogens is 334 g/mol. The Labute approximate surface area is 144 Å². The molecule has 1 heterocycles. The number of benzene rings is 1. The Hall–Kier alpha value is -2.09. The van der Waals surface area contributed by atoms with Crippen molar-refractivity contribution in [2.45, 2.75) is 13.0 Å². The molecule has 0 radical (unpaired) electrons. The highest BCUT2D eigenvalue weighted by atomic mass is 35.5. The Bertz CT molecular complexity index is 670. The fraction of sp³-hybridized carbons (Fsp3) is 0.375. The second kappa shape index (κ2) is 8.68. The lowest BCUT2D eigenvalue weighted by Gasteiger charge is -2.09. The Morgan fingerprint density at radius 3 is 2.75 bits per heavy atom. The molecule has 0 saturated carbocycles. The average Bonchev–Trinajstić information content (AvgIpc) is 2.97. The molecule has 3 N–H and O–H groups in total. The van der Waals surface area contributed by atoms with E-state index >= 15 is 0 Å². The first-order valence-corrected chi connectivity index (χ1v) is 7.85. The molecule has 1 aromatic carbocycles.